The van der Waals surface area contributed by atoms with Crippen LogP contribution in [0.3, 0.4) is 0 Å². The monoisotopic (exact) mass is 373 g/mol. The van der Waals surface area contributed by atoms with Crippen molar-refractivity contribution >= 4 is 16.9 Å². The summed E-state index contributed by atoms with van der Waals surface area (Å²) in [6.45, 7) is 15.6. The first-order valence-corrected chi connectivity index (χ1v) is 9.89. The number of esters is 1. The van der Waals surface area contributed by atoms with Gasteiger partial charge in [-0.1, -0.05) is 27.7 Å². The van der Waals surface area contributed by atoms with E-state index in [0.29, 0.717) is 35.9 Å². The number of benzene rings is 1. The molecule has 2 N–H and O–H groups in total. The first-order valence-electron chi connectivity index (χ1n) is 9.89. The lowest BCUT2D eigenvalue weighted by Crippen LogP contribution is -3.12. The molecule has 0 aliphatic carbocycles. The van der Waals surface area contributed by atoms with Gasteiger partial charge in [0.15, 0.2) is 5.43 Å². The van der Waals surface area contributed by atoms with E-state index < -0.39 is 5.97 Å². The zero-order valence-electron chi connectivity index (χ0n) is 17.4. The summed E-state index contributed by atoms with van der Waals surface area (Å²) in [6, 6.07) is 5.14. The van der Waals surface area contributed by atoms with Gasteiger partial charge in [0.25, 0.3) is 0 Å². The fourth-order valence-electron chi connectivity index (χ4n) is 3.64. The number of rotatable bonds is 8. The Balaban J connectivity index is 2.46. The molecule has 27 heavy (non-hydrogen) atoms. The van der Waals surface area contributed by atoms with Gasteiger partial charge in [0.1, 0.15) is 6.54 Å². The fourth-order valence-corrected chi connectivity index (χ4v) is 3.64. The van der Waals surface area contributed by atoms with Crippen LogP contribution >= 0.6 is 0 Å². The van der Waals surface area contributed by atoms with E-state index in [2.05, 4.69) is 32.7 Å². The highest BCUT2D eigenvalue weighted by molar-refractivity contribution is 5.94. The van der Waals surface area contributed by atoms with Crippen molar-refractivity contribution in [3.05, 3.63) is 45.2 Å². The van der Waals surface area contributed by atoms with Crippen LogP contribution in [-0.2, 0) is 11.3 Å². The van der Waals surface area contributed by atoms with Crippen molar-refractivity contribution in [2.45, 2.75) is 48.1 Å². The van der Waals surface area contributed by atoms with E-state index in [1.165, 1.54) is 4.90 Å². The predicted molar refractivity (Wildman–Crippen MR) is 109 cm³/mol. The van der Waals surface area contributed by atoms with Crippen molar-refractivity contribution in [2.24, 2.45) is 11.8 Å². The number of carbonyl (C=O) groups is 1. The first kappa shape index (κ1) is 21.2. The van der Waals surface area contributed by atoms with Crippen LogP contribution < -0.4 is 10.3 Å². The number of pyridine rings is 1. The van der Waals surface area contributed by atoms with Crippen LogP contribution in [0.5, 0.6) is 0 Å². The zero-order valence-corrected chi connectivity index (χ0v) is 17.4. The van der Waals surface area contributed by atoms with Gasteiger partial charge in [0, 0.05) is 28.4 Å². The molecule has 2 rings (SSSR count). The van der Waals surface area contributed by atoms with Crippen LogP contribution in [-0.4, -0.2) is 30.6 Å². The minimum Gasteiger partial charge on any atom is -0.462 e. The second-order valence-corrected chi connectivity index (χ2v) is 8.16. The molecule has 0 atom stereocenters. The van der Waals surface area contributed by atoms with Gasteiger partial charge in [0.05, 0.1) is 30.8 Å². The summed E-state index contributed by atoms with van der Waals surface area (Å²) in [5.74, 6) is 0.732. The summed E-state index contributed by atoms with van der Waals surface area (Å²) in [4.78, 5) is 30.0. The van der Waals surface area contributed by atoms with E-state index >= 15 is 0 Å². The molecule has 0 radical (unpaired) electrons. The normalized spacial score (nSPS) is 11.7. The third-order valence-corrected chi connectivity index (χ3v) is 4.64. The number of H-pyrrole nitrogens is 1. The van der Waals surface area contributed by atoms with Crippen LogP contribution in [0.4, 0.5) is 0 Å². The van der Waals surface area contributed by atoms with E-state index in [0.717, 1.165) is 29.9 Å². The number of aryl methyl sites for hydroxylation is 1. The summed E-state index contributed by atoms with van der Waals surface area (Å²) >= 11 is 0. The fraction of sp³-hybridized carbons (Fsp3) is 0.545. The minimum absolute atomic E-state index is 0.0115. The highest BCUT2D eigenvalue weighted by atomic mass is 16.5. The third-order valence-electron chi connectivity index (χ3n) is 4.64. The number of hydrogen-bond donors (Lipinski definition) is 2. The van der Waals surface area contributed by atoms with E-state index in [9.17, 15) is 9.59 Å². The summed E-state index contributed by atoms with van der Waals surface area (Å²) in [7, 11) is 0. The highest BCUT2D eigenvalue weighted by Gasteiger charge is 2.19. The Morgan fingerprint density at radius 2 is 1.78 bits per heavy atom. The number of aromatic nitrogens is 1. The molecule has 0 spiro atoms. The molecule has 0 unspecified atom stereocenters. The molecule has 0 saturated carbocycles. The Morgan fingerprint density at radius 1 is 1.15 bits per heavy atom. The van der Waals surface area contributed by atoms with Gasteiger partial charge in [-0.25, -0.2) is 4.79 Å². The van der Waals surface area contributed by atoms with Crippen LogP contribution in [0.1, 0.15) is 56.2 Å². The molecule has 0 aliphatic rings. The van der Waals surface area contributed by atoms with Crippen LogP contribution in [0.25, 0.3) is 10.9 Å². The van der Waals surface area contributed by atoms with E-state index in [4.69, 9.17) is 4.74 Å². The molecule has 0 aliphatic heterocycles. The molecule has 1 heterocycles. The molecular weight excluding hydrogens is 340 g/mol. The van der Waals surface area contributed by atoms with Gasteiger partial charge >= 0.3 is 5.97 Å². The highest BCUT2D eigenvalue weighted by Crippen LogP contribution is 2.14. The van der Waals surface area contributed by atoms with E-state index in [-0.39, 0.29) is 5.43 Å². The molecule has 1 aromatic heterocycles. The summed E-state index contributed by atoms with van der Waals surface area (Å²) < 4.78 is 5.07. The van der Waals surface area contributed by atoms with E-state index in [1.54, 1.807) is 25.1 Å². The lowest BCUT2D eigenvalue weighted by atomic mass is 10.0. The first-order chi connectivity index (χ1) is 12.7. The Morgan fingerprint density at radius 3 is 2.33 bits per heavy atom. The number of hydrogen-bond acceptors (Lipinski definition) is 3. The van der Waals surface area contributed by atoms with Gasteiger partial charge in [-0.2, -0.15) is 0 Å². The average molecular weight is 374 g/mol. The Labute approximate surface area is 161 Å². The van der Waals surface area contributed by atoms with Crippen molar-refractivity contribution in [3.63, 3.8) is 0 Å². The number of ether oxygens (including phenoxy) is 1. The summed E-state index contributed by atoms with van der Waals surface area (Å²) in [5, 5.41) is 0.551. The van der Waals surface area contributed by atoms with Crippen LogP contribution in [0, 0.1) is 18.8 Å². The number of nitrogens with one attached hydrogen (secondary N) is 2. The second-order valence-electron chi connectivity index (χ2n) is 8.16. The van der Waals surface area contributed by atoms with Crippen molar-refractivity contribution in [1.29, 1.82) is 0 Å². The topological polar surface area (TPSA) is 63.6 Å². The molecule has 1 aromatic carbocycles. The zero-order chi connectivity index (χ0) is 20.1. The van der Waals surface area contributed by atoms with Crippen LogP contribution in [0.15, 0.2) is 23.0 Å². The lowest BCUT2D eigenvalue weighted by Gasteiger charge is -2.24. The molecule has 0 amide bonds. The SMILES string of the molecule is CCOC(=O)c1ccc2[nH]c(C)c(C[NH+](CC(C)C)CC(C)C)c(=O)c2c1. The van der Waals surface area contributed by atoms with Gasteiger partial charge in [-0.15, -0.1) is 0 Å². The van der Waals surface area contributed by atoms with E-state index in [1.807, 2.05) is 6.92 Å². The maximum atomic E-state index is 13.2. The Kier molecular flexibility index (Phi) is 7.19. The number of fused-ring (bicyclic) bond motifs is 1. The molecule has 0 saturated heterocycles. The smallest absolute Gasteiger partial charge is 0.338 e. The molecule has 0 bridgehead atoms. The second kappa shape index (κ2) is 9.18. The van der Waals surface area contributed by atoms with Crippen molar-refractivity contribution in [1.82, 2.24) is 4.98 Å². The number of quaternary nitrogens is 1. The maximum Gasteiger partial charge on any atom is 0.338 e. The van der Waals surface area contributed by atoms with Crippen molar-refractivity contribution in [3.8, 4) is 0 Å². The molecular formula is C22H33N2O3+. The van der Waals surface area contributed by atoms with Gasteiger partial charge < -0.3 is 14.6 Å². The van der Waals surface area contributed by atoms with Crippen molar-refractivity contribution in [2.75, 3.05) is 19.7 Å². The lowest BCUT2D eigenvalue weighted by molar-refractivity contribution is -0.919. The predicted octanol–water partition coefficient (Wildman–Crippen LogP) is 2.71. The summed E-state index contributed by atoms with van der Waals surface area (Å²) in [6.07, 6.45) is 0. The quantitative estimate of drug-likeness (QED) is 0.700. The molecule has 0 fully saturated rings. The molecule has 5 heteroatoms. The third kappa shape index (κ3) is 5.42. The molecule has 2 aromatic rings. The van der Waals surface area contributed by atoms with Gasteiger partial charge in [-0.3, -0.25) is 4.79 Å². The van der Waals surface area contributed by atoms with Crippen molar-refractivity contribution < 1.29 is 14.4 Å². The number of carbonyl (C=O) groups excluding carboxylic acids is 1. The largest absolute Gasteiger partial charge is 0.462 e. The average Bonchev–Trinajstić information content (AvgIpc) is 2.57. The van der Waals surface area contributed by atoms with Gasteiger partial charge in [0.2, 0.25) is 0 Å². The summed E-state index contributed by atoms with van der Waals surface area (Å²) in [5.41, 5.74) is 2.89. The Hall–Kier alpha value is -2.14. The minimum atomic E-state index is -0.396. The van der Waals surface area contributed by atoms with Gasteiger partial charge in [-0.05, 0) is 32.0 Å². The Bertz CT molecular complexity index is 842. The molecule has 148 valence electrons. The standard InChI is InChI=1S/C22H32N2O3/c1-7-27-22(26)17-8-9-20-18(10-17)21(25)19(16(6)23-20)13-24(11-14(2)3)12-15(4)5/h8-10,14-15H,7,11-13H2,1-6H3,(H,23,25)/p+1. The number of aromatic amines is 1. The molecule has 5 nitrogen and oxygen atoms in total. The maximum absolute atomic E-state index is 13.2. The van der Waals surface area contributed by atoms with Crippen LogP contribution in [0.2, 0.25) is 0 Å².